The van der Waals surface area contributed by atoms with Crippen molar-refractivity contribution in [3.05, 3.63) is 33.3 Å². The molecule has 0 radical (unpaired) electrons. The second-order valence-electron chi connectivity index (χ2n) is 3.89. The quantitative estimate of drug-likeness (QED) is 0.615. The number of benzene rings is 1. The molecule has 0 N–H and O–H groups in total. The van der Waals surface area contributed by atoms with Gasteiger partial charge in [0.25, 0.3) is 5.69 Å². The van der Waals surface area contributed by atoms with Crippen molar-refractivity contribution in [1.82, 2.24) is 0 Å². The van der Waals surface area contributed by atoms with E-state index in [2.05, 4.69) is 0 Å². The van der Waals surface area contributed by atoms with Gasteiger partial charge in [-0.05, 0) is 12.5 Å². The highest BCUT2D eigenvalue weighted by Gasteiger charge is 2.24. The van der Waals surface area contributed by atoms with Crippen LogP contribution >= 0.6 is 11.6 Å². The van der Waals surface area contributed by atoms with Gasteiger partial charge in [0, 0.05) is 25.0 Å². The molecule has 1 aromatic carbocycles. The van der Waals surface area contributed by atoms with Crippen molar-refractivity contribution in [3.8, 4) is 5.75 Å². The molecule has 0 bridgehead atoms. The average Bonchev–Trinajstić information content (AvgIpc) is 2.63. The first-order valence-electron chi connectivity index (χ1n) is 5.18. The van der Waals surface area contributed by atoms with E-state index < -0.39 is 4.92 Å². The molecule has 5 nitrogen and oxygen atoms in total. The van der Waals surface area contributed by atoms with Crippen LogP contribution in [0.4, 0.5) is 5.69 Å². The SMILES string of the molecule is O=C1CCC(Oc2ccc([N+](=O)[O-])c(Cl)c2)C1. The number of carbonyl (C=O) groups is 1. The second kappa shape index (κ2) is 4.71. The Hall–Kier alpha value is -1.62. The van der Waals surface area contributed by atoms with E-state index in [1.807, 2.05) is 0 Å². The van der Waals surface area contributed by atoms with E-state index in [4.69, 9.17) is 16.3 Å². The Morgan fingerprint density at radius 2 is 2.24 bits per heavy atom. The summed E-state index contributed by atoms with van der Waals surface area (Å²) in [5.74, 6) is 0.642. The zero-order valence-electron chi connectivity index (χ0n) is 8.89. The number of ketones is 1. The normalized spacial score (nSPS) is 19.4. The fraction of sp³-hybridized carbons (Fsp3) is 0.364. The standard InChI is InChI=1S/C11H10ClNO4/c12-10-6-9(3-4-11(10)13(15)16)17-8-2-1-7(14)5-8/h3-4,6,8H,1-2,5H2. The molecular formula is C11H10ClNO4. The highest BCUT2D eigenvalue weighted by atomic mass is 35.5. The maximum Gasteiger partial charge on any atom is 0.288 e. The topological polar surface area (TPSA) is 69.4 Å². The second-order valence-corrected chi connectivity index (χ2v) is 4.30. The number of hydrogen-bond acceptors (Lipinski definition) is 4. The lowest BCUT2D eigenvalue weighted by Gasteiger charge is -2.12. The van der Waals surface area contributed by atoms with Crippen LogP contribution in [-0.2, 0) is 4.79 Å². The van der Waals surface area contributed by atoms with Crippen LogP contribution in [0.25, 0.3) is 0 Å². The first kappa shape index (κ1) is 11.9. The Morgan fingerprint density at radius 3 is 2.76 bits per heavy atom. The van der Waals surface area contributed by atoms with Crippen LogP contribution in [0.2, 0.25) is 5.02 Å². The van der Waals surface area contributed by atoms with E-state index >= 15 is 0 Å². The number of rotatable bonds is 3. The maximum absolute atomic E-state index is 11.1. The molecule has 0 heterocycles. The number of nitro groups is 1. The van der Waals surface area contributed by atoms with Crippen LogP contribution < -0.4 is 4.74 Å². The molecule has 1 atom stereocenters. The van der Waals surface area contributed by atoms with Gasteiger partial charge in [-0.3, -0.25) is 14.9 Å². The molecule has 1 saturated carbocycles. The molecular weight excluding hydrogens is 246 g/mol. The number of ether oxygens (including phenoxy) is 1. The van der Waals surface area contributed by atoms with E-state index in [0.29, 0.717) is 25.0 Å². The Balaban J connectivity index is 2.10. The third-order valence-corrected chi connectivity index (χ3v) is 2.92. The van der Waals surface area contributed by atoms with Crippen molar-refractivity contribution >= 4 is 23.1 Å². The van der Waals surface area contributed by atoms with Gasteiger partial charge >= 0.3 is 0 Å². The molecule has 1 unspecified atom stereocenters. The highest BCUT2D eigenvalue weighted by molar-refractivity contribution is 6.32. The molecule has 0 spiro atoms. The smallest absolute Gasteiger partial charge is 0.288 e. The zero-order chi connectivity index (χ0) is 12.4. The molecule has 0 aromatic heterocycles. The van der Waals surface area contributed by atoms with Gasteiger partial charge in [0.2, 0.25) is 0 Å². The van der Waals surface area contributed by atoms with Crippen LogP contribution in [0, 0.1) is 10.1 Å². The monoisotopic (exact) mass is 255 g/mol. The Bertz CT molecular complexity index is 475. The van der Waals surface area contributed by atoms with Crippen LogP contribution in [0.1, 0.15) is 19.3 Å². The Kier molecular flexibility index (Phi) is 3.28. The lowest BCUT2D eigenvalue weighted by molar-refractivity contribution is -0.384. The minimum Gasteiger partial charge on any atom is -0.490 e. The van der Waals surface area contributed by atoms with Gasteiger partial charge < -0.3 is 4.74 Å². The Labute approximate surface area is 102 Å². The molecule has 90 valence electrons. The van der Waals surface area contributed by atoms with Crippen LogP contribution in [0.15, 0.2) is 18.2 Å². The van der Waals surface area contributed by atoms with Crippen molar-refractivity contribution < 1.29 is 14.5 Å². The fourth-order valence-electron chi connectivity index (χ4n) is 1.78. The first-order valence-corrected chi connectivity index (χ1v) is 5.56. The molecule has 1 aliphatic carbocycles. The molecule has 0 saturated heterocycles. The minimum absolute atomic E-state index is 0.0387. The van der Waals surface area contributed by atoms with Crippen LogP contribution in [-0.4, -0.2) is 16.8 Å². The highest BCUT2D eigenvalue weighted by Crippen LogP contribution is 2.30. The molecule has 17 heavy (non-hydrogen) atoms. The molecule has 0 aliphatic heterocycles. The lowest BCUT2D eigenvalue weighted by Crippen LogP contribution is -2.12. The number of halogens is 1. The number of hydrogen-bond donors (Lipinski definition) is 0. The van der Waals surface area contributed by atoms with Gasteiger partial charge in [-0.1, -0.05) is 11.6 Å². The predicted molar refractivity (Wildman–Crippen MR) is 61.4 cm³/mol. The molecule has 1 aromatic rings. The van der Waals surface area contributed by atoms with E-state index in [9.17, 15) is 14.9 Å². The van der Waals surface area contributed by atoms with Gasteiger partial charge in [-0.15, -0.1) is 0 Å². The lowest BCUT2D eigenvalue weighted by atomic mass is 10.3. The van der Waals surface area contributed by atoms with Crippen molar-refractivity contribution in [3.63, 3.8) is 0 Å². The summed E-state index contributed by atoms with van der Waals surface area (Å²) in [5, 5.41) is 10.6. The summed E-state index contributed by atoms with van der Waals surface area (Å²) in [6.45, 7) is 0. The van der Waals surface area contributed by atoms with Crippen molar-refractivity contribution in [1.29, 1.82) is 0 Å². The zero-order valence-corrected chi connectivity index (χ0v) is 9.64. The van der Waals surface area contributed by atoms with Gasteiger partial charge in [0.15, 0.2) is 0 Å². The average molecular weight is 256 g/mol. The summed E-state index contributed by atoms with van der Waals surface area (Å²) in [6.07, 6.45) is 1.48. The molecule has 1 fully saturated rings. The molecule has 2 rings (SSSR count). The number of nitrogens with zero attached hydrogens (tertiary/aromatic N) is 1. The van der Waals surface area contributed by atoms with E-state index in [0.717, 1.165) is 0 Å². The third-order valence-electron chi connectivity index (χ3n) is 2.62. The summed E-state index contributed by atoms with van der Waals surface area (Å²) in [6, 6.07) is 4.20. The largest absolute Gasteiger partial charge is 0.490 e. The molecule has 1 aliphatic rings. The van der Waals surface area contributed by atoms with Crippen LogP contribution in [0.5, 0.6) is 5.75 Å². The van der Waals surface area contributed by atoms with E-state index in [1.54, 1.807) is 0 Å². The molecule has 0 amide bonds. The van der Waals surface area contributed by atoms with Gasteiger partial charge in [0.05, 0.1) is 4.92 Å². The summed E-state index contributed by atoms with van der Waals surface area (Å²) in [4.78, 5) is 21.1. The van der Waals surface area contributed by atoms with Crippen molar-refractivity contribution in [2.24, 2.45) is 0 Å². The maximum atomic E-state index is 11.1. The van der Waals surface area contributed by atoms with Crippen LogP contribution in [0.3, 0.4) is 0 Å². The number of nitro benzene ring substituents is 1. The van der Waals surface area contributed by atoms with E-state index in [1.165, 1.54) is 18.2 Å². The minimum atomic E-state index is -0.550. The summed E-state index contributed by atoms with van der Waals surface area (Å²) in [7, 11) is 0. The van der Waals surface area contributed by atoms with Crippen molar-refractivity contribution in [2.45, 2.75) is 25.4 Å². The van der Waals surface area contributed by atoms with E-state index in [-0.39, 0.29) is 22.6 Å². The number of carbonyl (C=O) groups excluding carboxylic acids is 1. The van der Waals surface area contributed by atoms with Gasteiger partial charge in [-0.25, -0.2) is 0 Å². The summed E-state index contributed by atoms with van der Waals surface area (Å²) >= 11 is 5.75. The summed E-state index contributed by atoms with van der Waals surface area (Å²) in [5.41, 5.74) is -0.151. The first-order chi connectivity index (χ1) is 8.06. The Morgan fingerprint density at radius 1 is 1.47 bits per heavy atom. The predicted octanol–water partition coefficient (Wildman–Crippen LogP) is 2.75. The number of Topliss-reactive ketones (excluding diaryl/α,β-unsaturated/α-hetero) is 1. The van der Waals surface area contributed by atoms with Crippen molar-refractivity contribution in [2.75, 3.05) is 0 Å². The molecule has 6 heteroatoms. The fourth-order valence-corrected chi connectivity index (χ4v) is 2.02. The third kappa shape index (κ3) is 2.74. The van der Waals surface area contributed by atoms with Gasteiger partial charge in [0.1, 0.15) is 22.7 Å². The summed E-state index contributed by atoms with van der Waals surface area (Å²) < 4.78 is 5.53. The van der Waals surface area contributed by atoms with Gasteiger partial charge in [-0.2, -0.15) is 0 Å².